The zero-order valence-electron chi connectivity index (χ0n) is 14.6. The highest BCUT2D eigenvalue weighted by Crippen LogP contribution is 2.36. The van der Waals surface area contributed by atoms with E-state index in [1.54, 1.807) is 19.2 Å². The Balaban J connectivity index is 0.00000288. The van der Waals surface area contributed by atoms with Crippen LogP contribution in [0.3, 0.4) is 0 Å². The van der Waals surface area contributed by atoms with Gasteiger partial charge in [0.15, 0.2) is 17.5 Å². The van der Waals surface area contributed by atoms with Crippen molar-refractivity contribution in [3.63, 3.8) is 0 Å². The van der Waals surface area contributed by atoms with Crippen LogP contribution in [0.15, 0.2) is 23.2 Å². The average molecular weight is 465 g/mol. The van der Waals surface area contributed by atoms with Crippen molar-refractivity contribution in [3.8, 4) is 11.5 Å². The maximum atomic E-state index is 9.83. The minimum Gasteiger partial charge on any atom is -0.504 e. The fraction of sp³-hybridized carbons (Fsp3) is 0.588. The third-order valence-corrected chi connectivity index (χ3v) is 5.48. The molecule has 0 aromatic heterocycles. The van der Waals surface area contributed by atoms with Crippen LogP contribution >= 0.6 is 35.7 Å². The summed E-state index contributed by atoms with van der Waals surface area (Å²) in [5, 5.41) is 16.5. The Morgan fingerprint density at radius 1 is 1.42 bits per heavy atom. The summed E-state index contributed by atoms with van der Waals surface area (Å²) < 4.78 is 5.36. The Morgan fingerprint density at radius 2 is 2.21 bits per heavy atom. The largest absolute Gasteiger partial charge is 0.504 e. The van der Waals surface area contributed by atoms with Crippen LogP contribution in [0, 0.1) is 0 Å². The molecule has 5 nitrogen and oxygen atoms in total. The van der Waals surface area contributed by atoms with Crippen LogP contribution in [-0.2, 0) is 6.54 Å². The van der Waals surface area contributed by atoms with E-state index in [0.29, 0.717) is 17.0 Å². The molecule has 1 heterocycles. The van der Waals surface area contributed by atoms with Gasteiger partial charge in [-0.1, -0.05) is 6.07 Å². The van der Waals surface area contributed by atoms with Gasteiger partial charge in [0.2, 0.25) is 0 Å². The van der Waals surface area contributed by atoms with Crippen LogP contribution in [0.1, 0.15) is 32.3 Å². The Morgan fingerprint density at radius 3 is 2.79 bits per heavy atom. The van der Waals surface area contributed by atoms with Gasteiger partial charge in [-0.15, -0.1) is 24.0 Å². The molecular weight excluding hydrogens is 437 g/mol. The Labute approximate surface area is 166 Å². The topological polar surface area (TPSA) is 65.9 Å². The van der Waals surface area contributed by atoms with Gasteiger partial charge in [-0.3, -0.25) is 0 Å². The molecule has 7 heteroatoms. The van der Waals surface area contributed by atoms with Crippen LogP contribution in [0.2, 0.25) is 0 Å². The van der Waals surface area contributed by atoms with Crippen molar-refractivity contribution in [2.45, 2.75) is 38.0 Å². The average Bonchev–Trinajstić information content (AvgIpc) is 2.97. The molecule has 1 unspecified atom stereocenters. The number of benzene rings is 1. The fourth-order valence-corrected chi connectivity index (χ4v) is 3.84. The molecule has 1 saturated heterocycles. The van der Waals surface area contributed by atoms with Crippen LogP contribution < -0.4 is 15.4 Å². The molecule has 0 amide bonds. The lowest BCUT2D eigenvalue weighted by Crippen LogP contribution is -2.43. The first-order valence-corrected chi connectivity index (χ1v) is 9.07. The lowest BCUT2D eigenvalue weighted by molar-refractivity contribution is 0.373. The van der Waals surface area contributed by atoms with Gasteiger partial charge in [-0.25, -0.2) is 4.99 Å². The van der Waals surface area contributed by atoms with E-state index in [9.17, 15) is 5.11 Å². The first-order valence-electron chi connectivity index (χ1n) is 8.08. The molecule has 24 heavy (non-hydrogen) atoms. The monoisotopic (exact) mass is 465 g/mol. The number of methoxy groups -OCH3 is 1. The summed E-state index contributed by atoms with van der Waals surface area (Å²) in [7, 11) is 1.54. The van der Waals surface area contributed by atoms with E-state index in [1.807, 2.05) is 17.8 Å². The molecule has 0 saturated carbocycles. The Kier molecular flexibility index (Phi) is 9.04. The quantitative estimate of drug-likeness (QED) is 0.342. The van der Waals surface area contributed by atoms with E-state index in [2.05, 4.69) is 29.5 Å². The Bertz CT molecular complexity index is 549. The third-order valence-electron chi connectivity index (χ3n) is 3.94. The Hall–Kier alpha value is -0.830. The fourth-order valence-electron chi connectivity index (χ4n) is 2.59. The molecular formula is C17H28IN3O2S. The highest BCUT2D eigenvalue weighted by atomic mass is 127. The predicted molar refractivity (Wildman–Crippen MR) is 113 cm³/mol. The standard InChI is InChI=1S/C17H27N3O2S.HI/c1-4-18-16(20-12-17(2)8-5-9-23-17)19-11-13-6-7-15(22-3)14(21)10-13;/h6-7,10,21H,4-5,8-9,11-12H2,1-3H3,(H2,18,19,20);1H. The second kappa shape index (κ2) is 10.2. The maximum Gasteiger partial charge on any atom is 0.191 e. The summed E-state index contributed by atoms with van der Waals surface area (Å²) in [6, 6.07) is 5.37. The predicted octanol–water partition coefficient (Wildman–Crippen LogP) is 3.36. The first kappa shape index (κ1) is 21.2. The van der Waals surface area contributed by atoms with Gasteiger partial charge in [0, 0.05) is 17.8 Å². The highest BCUT2D eigenvalue weighted by Gasteiger charge is 2.29. The number of rotatable bonds is 6. The van der Waals surface area contributed by atoms with E-state index in [1.165, 1.54) is 18.6 Å². The van der Waals surface area contributed by atoms with Crippen molar-refractivity contribution in [1.82, 2.24) is 10.6 Å². The second-order valence-corrected chi connectivity index (χ2v) is 7.64. The van der Waals surface area contributed by atoms with Gasteiger partial charge >= 0.3 is 0 Å². The molecule has 1 aliphatic rings. The van der Waals surface area contributed by atoms with E-state index < -0.39 is 0 Å². The van der Waals surface area contributed by atoms with Crippen LogP contribution in [0.4, 0.5) is 0 Å². The minimum absolute atomic E-state index is 0. The number of guanidine groups is 1. The summed E-state index contributed by atoms with van der Waals surface area (Å²) in [5.41, 5.74) is 0.946. The van der Waals surface area contributed by atoms with Crippen molar-refractivity contribution < 1.29 is 9.84 Å². The molecule has 1 aromatic carbocycles. The van der Waals surface area contributed by atoms with Crippen molar-refractivity contribution in [2.75, 3.05) is 26.0 Å². The summed E-state index contributed by atoms with van der Waals surface area (Å²) in [4.78, 5) is 4.61. The van der Waals surface area contributed by atoms with Crippen LogP contribution in [0.5, 0.6) is 11.5 Å². The molecule has 0 bridgehead atoms. The molecule has 1 fully saturated rings. The number of aliphatic imine (C=N–C) groups is 1. The minimum atomic E-state index is 0. The normalized spacial score (nSPS) is 20.4. The zero-order chi connectivity index (χ0) is 16.7. The number of ether oxygens (including phenoxy) is 1. The summed E-state index contributed by atoms with van der Waals surface area (Å²) >= 11 is 2.03. The van der Waals surface area contributed by atoms with Crippen molar-refractivity contribution in [1.29, 1.82) is 0 Å². The van der Waals surface area contributed by atoms with Gasteiger partial charge in [-0.05, 0) is 50.1 Å². The molecule has 3 N–H and O–H groups in total. The number of hydrogen-bond acceptors (Lipinski definition) is 4. The van der Waals surface area contributed by atoms with Crippen LogP contribution in [-0.4, -0.2) is 41.8 Å². The number of phenols is 1. The number of thioether (sulfide) groups is 1. The highest BCUT2D eigenvalue weighted by molar-refractivity contribution is 14.0. The van der Waals surface area contributed by atoms with E-state index in [0.717, 1.165) is 24.6 Å². The smallest absolute Gasteiger partial charge is 0.191 e. The molecule has 1 atom stereocenters. The van der Waals surface area contributed by atoms with Gasteiger partial charge in [0.25, 0.3) is 0 Å². The number of hydrogen-bond donors (Lipinski definition) is 3. The van der Waals surface area contributed by atoms with Gasteiger partial charge in [-0.2, -0.15) is 11.8 Å². The molecule has 1 aromatic rings. The molecule has 0 spiro atoms. The number of nitrogens with one attached hydrogen (secondary N) is 2. The lowest BCUT2D eigenvalue weighted by atomic mass is 10.1. The summed E-state index contributed by atoms with van der Waals surface area (Å²) in [6.45, 7) is 6.61. The zero-order valence-corrected chi connectivity index (χ0v) is 17.7. The van der Waals surface area contributed by atoms with Crippen molar-refractivity contribution >= 4 is 41.7 Å². The van der Waals surface area contributed by atoms with Gasteiger partial charge in [0.1, 0.15) is 0 Å². The van der Waals surface area contributed by atoms with Gasteiger partial charge in [0.05, 0.1) is 13.7 Å². The maximum absolute atomic E-state index is 9.83. The second-order valence-electron chi connectivity index (χ2n) is 5.96. The first-order chi connectivity index (χ1) is 11.1. The van der Waals surface area contributed by atoms with Crippen LogP contribution in [0.25, 0.3) is 0 Å². The number of phenolic OH excluding ortho intramolecular Hbond substituents is 1. The van der Waals surface area contributed by atoms with Crippen molar-refractivity contribution in [2.24, 2.45) is 4.99 Å². The summed E-state index contributed by atoms with van der Waals surface area (Å²) in [5.74, 6) is 2.69. The molecule has 2 rings (SSSR count). The number of aromatic hydroxyl groups is 1. The lowest BCUT2D eigenvalue weighted by Gasteiger charge is -2.24. The van der Waals surface area contributed by atoms with E-state index >= 15 is 0 Å². The number of halogens is 1. The molecule has 0 radical (unpaired) electrons. The number of nitrogens with zero attached hydrogens (tertiary/aromatic N) is 1. The van der Waals surface area contributed by atoms with Crippen molar-refractivity contribution in [3.05, 3.63) is 23.8 Å². The third kappa shape index (κ3) is 6.23. The van der Waals surface area contributed by atoms with Gasteiger partial charge < -0.3 is 20.5 Å². The molecule has 136 valence electrons. The van der Waals surface area contributed by atoms with E-state index in [4.69, 9.17) is 4.74 Å². The molecule has 0 aliphatic carbocycles. The SMILES string of the molecule is CCNC(=NCc1ccc(OC)c(O)c1)NCC1(C)CCCS1.I. The molecule has 1 aliphatic heterocycles. The van der Waals surface area contributed by atoms with E-state index in [-0.39, 0.29) is 29.7 Å². The summed E-state index contributed by atoms with van der Waals surface area (Å²) in [6.07, 6.45) is 2.54.